The van der Waals surface area contributed by atoms with Gasteiger partial charge in [0.2, 0.25) is 0 Å². The minimum absolute atomic E-state index is 0.290. The molecule has 0 atom stereocenters. The summed E-state index contributed by atoms with van der Waals surface area (Å²) >= 11 is 2.23. The van der Waals surface area contributed by atoms with Crippen LogP contribution in [0.2, 0.25) is 0 Å². The highest BCUT2D eigenvalue weighted by molar-refractivity contribution is 14.1. The first-order chi connectivity index (χ1) is 8.60. The summed E-state index contributed by atoms with van der Waals surface area (Å²) in [6.45, 7) is 2.36. The van der Waals surface area contributed by atoms with Crippen molar-refractivity contribution in [3.63, 3.8) is 0 Å². The number of nitrogens with zero attached hydrogens (tertiary/aromatic N) is 1. The Labute approximate surface area is 118 Å². The van der Waals surface area contributed by atoms with Crippen LogP contribution in [0.1, 0.15) is 18.1 Å². The molecule has 1 aromatic carbocycles. The number of nitrogens with one attached hydrogen (secondary N) is 1. The molecule has 1 aromatic heterocycles. The molecule has 0 saturated heterocycles. The van der Waals surface area contributed by atoms with E-state index in [2.05, 4.69) is 27.6 Å². The molecule has 0 spiro atoms. The zero-order valence-corrected chi connectivity index (χ0v) is 12.1. The van der Waals surface area contributed by atoms with Crippen molar-refractivity contribution in [3.05, 3.63) is 66.0 Å². The molecule has 0 unspecified atom stereocenters. The lowest BCUT2D eigenvalue weighted by molar-refractivity contribution is 0.707. The molecule has 94 valence electrons. The molecule has 1 heterocycles. The van der Waals surface area contributed by atoms with E-state index < -0.39 is 0 Å². The fraction of sp³-hybridized carbons (Fsp3) is 0.231. The number of halogens is 1. The van der Waals surface area contributed by atoms with E-state index in [9.17, 15) is 9.59 Å². The monoisotopic (exact) mass is 356 g/mol. The quantitative estimate of drug-likeness (QED) is 0.852. The highest BCUT2D eigenvalue weighted by atomic mass is 127. The largest absolute Gasteiger partial charge is 0.328 e. The van der Waals surface area contributed by atoms with Gasteiger partial charge >= 0.3 is 5.69 Å². The predicted molar refractivity (Wildman–Crippen MR) is 79.0 cm³/mol. The van der Waals surface area contributed by atoms with Gasteiger partial charge in [-0.2, -0.15) is 0 Å². The van der Waals surface area contributed by atoms with E-state index >= 15 is 0 Å². The Kier molecular flexibility index (Phi) is 4.00. The van der Waals surface area contributed by atoms with Crippen LogP contribution in [-0.2, 0) is 13.0 Å². The van der Waals surface area contributed by atoms with Crippen molar-refractivity contribution in [2.75, 3.05) is 0 Å². The van der Waals surface area contributed by atoms with Gasteiger partial charge in [-0.15, -0.1) is 0 Å². The Morgan fingerprint density at radius 2 is 1.89 bits per heavy atom. The molecule has 0 fully saturated rings. The number of hydrogen-bond acceptors (Lipinski definition) is 2. The van der Waals surface area contributed by atoms with Gasteiger partial charge in [-0.05, 0) is 46.7 Å². The van der Waals surface area contributed by atoms with E-state index in [4.69, 9.17) is 0 Å². The minimum Gasteiger partial charge on any atom is -0.296 e. The summed E-state index contributed by atoms with van der Waals surface area (Å²) in [5, 5.41) is 0. The number of H-pyrrole nitrogens is 1. The summed E-state index contributed by atoms with van der Waals surface area (Å²) in [7, 11) is 0. The van der Waals surface area contributed by atoms with Crippen molar-refractivity contribution in [1.82, 2.24) is 9.55 Å². The van der Waals surface area contributed by atoms with E-state index in [-0.39, 0.29) is 11.2 Å². The molecule has 0 saturated carbocycles. The molecule has 18 heavy (non-hydrogen) atoms. The van der Waals surface area contributed by atoms with Crippen molar-refractivity contribution in [2.45, 2.75) is 19.9 Å². The second-order valence-electron chi connectivity index (χ2n) is 4.02. The third-order valence-electron chi connectivity index (χ3n) is 2.73. The summed E-state index contributed by atoms with van der Waals surface area (Å²) in [6, 6.07) is 7.94. The maximum Gasteiger partial charge on any atom is 0.328 e. The number of aromatic nitrogens is 2. The molecule has 1 N–H and O–H groups in total. The average Bonchev–Trinajstić information content (AvgIpc) is 2.35. The lowest BCUT2D eigenvalue weighted by Crippen LogP contribution is -2.31. The van der Waals surface area contributed by atoms with E-state index in [0.29, 0.717) is 18.5 Å². The first kappa shape index (κ1) is 13.1. The van der Waals surface area contributed by atoms with Gasteiger partial charge in [0.25, 0.3) is 5.56 Å². The summed E-state index contributed by atoms with van der Waals surface area (Å²) < 4.78 is 2.68. The van der Waals surface area contributed by atoms with Gasteiger partial charge < -0.3 is 0 Å². The second kappa shape index (κ2) is 5.51. The van der Waals surface area contributed by atoms with Crippen LogP contribution in [0.3, 0.4) is 0 Å². The number of hydrogen-bond donors (Lipinski definition) is 1. The van der Waals surface area contributed by atoms with Crippen LogP contribution in [0.5, 0.6) is 0 Å². The third-order valence-corrected chi connectivity index (χ3v) is 3.45. The van der Waals surface area contributed by atoms with Gasteiger partial charge in [-0.25, -0.2) is 4.79 Å². The zero-order valence-electron chi connectivity index (χ0n) is 9.94. The Hall–Kier alpha value is -1.37. The van der Waals surface area contributed by atoms with Crippen LogP contribution >= 0.6 is 22.6 Å². The van der Waals surface area contributed by atoms with E-state index in [1.165, 1.54) is 4.57 Å². The smallest absolute Gasteiger partial charge is 0.296 e. The molecule has 2 rings (SSSR count). The predicted octanol–water partition coefficient (Wildman–Crippen LogP) is 1.75. The molecule has 0 amide bonds. The van der Waals surface area contributed by atoms with Crippen molar-refractivity contribution in [3.8, 4) is 0 Å². The van der Waals surface area contributed by atoms with Crippen LogP contribution in [0.15, 0.2) is 40.1 Å². The van der Waals surface area contributed by atoms with Gasteiger partial charge in [-0.3, -0.25) is 14.3 Å². The lowest BCUT2D eigenvalue weighted by Gasteiger charge is -2.07. The molecule has 0 radical (unpaired) electrons. The van der Waals surface area contributed by atoms with Gasteiger partial charge in [-0.1, -0.05) is 19.1 Å². The van der Waals surface area contributed by atoms with Crippen molar-refractivity contribution < 1.29 is 0 Å². The highest BCUT2D eigenvalue weighted by Gasteiger charge is 2.03. The first-order valence-electron chi connectivity index (χ1n) is 5.67. The third kappa shape index (κ3) is 2.90. The molecule has 0 bridgehead atoms. The fourth-order valence-corrected chi connectivity index (χ4v) is 2.07. The van der Waals surface area contributed by atoms with Crippen LogP contribution < -0.4 is 11.2 Å². The number of aryl methyl sites for hydroxylation is 1. The van der Waals surface area contributed by atoms with Crippen LogP contribution in [-0.4, -0.2) is 9.55 Å². The number of rotatable bonds is 3. The molecular formula is C13H13IN2O2. The maximum atomic E-state index is 11.7. The maximum absolute atomic E-state index is 11.7. The van der Waals surface area contributed by atoms with Gasteiger partial charge in [0.05, 0.1) is 6.54 Å². The van der Waals surface area contributed by atoms with Crippen LogP contribution in [0.4, 0.5) is 0 Å². The SMILES string of the molecule is CCc1cn(Cc2ccc(I)cc2)c(=O)[nH]c1=O. The number of aromatic amines is 1. The molecule has 2 aromatic rings. The Bertz CT molecular complexity index is 656. The standard InChI is InChI=1S/C13H13IN2O2/c1-2-10-8-16(13(18)15-12(10)17)7-9-3-5-11(14)6-4-9/h3-6,8H,2,7H2,1H3,(H,15,17,18). The van der Waals surface area contributed by atoms with Crippen molar-refractivity contribution in [2.24, 2.45) is 0 Å². The van der Waals surface area contributed by atoms with Crippen molar-refractivity contribution >= 4 is 22.6 Å². The molecule has 0 aliphatic heterocycles. The van der Waals surface area contributed by atoms with Gasteiger partial charge in [0, 0.05) is 15.3 Å². The Balaban J connectivity index is 2.37. The summed E-state index contributed by atoms with van der Waals surface area (Å²) in [6.07, 6.45) is 2.25. The fourth-order valence-electron chi connectivity index (χ4n) is 1.71. The Morgan fingerprint density at radius 3 is 2.50 bits per heavy atom. The van der Waals surface area contributed by atoms with Gasteiger partial charge in [0.15, 0.2) is 0 Å². The summed E-state index contributed by atoms with van der Waals surface area (Å²) in [5.74, 6) is 0. The summed E-state index contributed by atoms with van der Waals surface area (Å²) in [4.78, 5) is 25.5. The highest BCUT2D eigenvalue weighted by Crippen LogP contribution is 2.07. The second-order valence-corrected chi connectivity index (χ2v) is 5.27. The minimum atomic E-state index is -0.365. The topological polar surface area (TPSA) is 54.9 Å². The zero-order chi connectivity index (χ0) is 13.1. The molecule has 5 heteroatoms. The van der Waals surface area contributed by atoms with Gasteiger partial charge in [0.1, 0.15) is 0 Å². The van der Waals surface area contributed by atoms with E-state index in [1.807, 2.05) is 31.2 Å². The van der Waals surface area contributed by atoms with Crippen molar-refractivity contribution in [1.29, 1.82) is 0 Å². The molecule has 0 aliphatic rings. The van der Waals surface area contributed by atoms with Crippen LogP contribution in [0.25, 0.3) is 0 Å². The average molecular weight is 356 g/mol. The number of benzene rings is 1. The summed E-state index contributed by atoms with van der Waals surface area (Å²) in [5.41, 5.74) is 1.00. The Morgan fingerprint density at radius 1 is 1.22 bits per heavy atom. The van der Waals surface area contributed by atoms with E-state index in [1.54, 1.807) is 6.20 Å². The molecular weight excluding hydrogens is 343 g/mol. The normalized spacial score (nSPS) is 10.6. The molecule has 0 aliphatic carbocycles. The molecule has 4 nitrogen and oxygen atoms in total. The first-order valence-corrected chi connectivity index (χ1v) is 6.75. The van der Waals surface area contributed by atoms with E-state index in [0.717, 1.165) is 9.13 Å². The lowest BCUT2D eigenvalue weighted by atomic mass is 10.2. The van der Waals surface area contributed by atoms with Crippen LogP contribution in [0, 0.1) is 3.57 Å².